The Morgan fingerprint density at radius 1 is 1.16 bits per heavy atom. The van der Waals surface area contributed by atoms with Gasteiger partial charge in [-0.3, -0.25) is 0 Å². The van der Waals surface area contributed by atoms with Crippen LogP contribution < -0.4 is 9.46 Å². The second-order valence-corrected chi connectivity index (χ2v) is 9.79. The van der Waals surface area contributed by atoms with E-state index >= 15 is 0 Å². The normalized spacial score (nSPS) is 21.3. The molecule has 0 amide bonds. The maximum absolute atomic E-state index is 12.6. The summed E-state index contributed by atoms with van der Waals surface area (Å²) in [6, 6.07) is 7.50. The molecule has 1 aromatic carbocycles. The molecular formula is C18H28N2O3S2. The summed E-state index contributed by atoms with van der Waals surface area (Å²) in [5.41, 5.74) is 0. The van der Waals surface area contributed by atoms with Crippen molar-refractivity contribution in [3.63, 3.8) is 0 Å². The number of para-hydroxylation sites is 1. The largest absolute Gasteiger partial charge is 0.495 e. The number of thioether (sulfide) groups is 1. The number of hydrogen-bond donors (Lipinski definition) is 1. The average Bonchev–Trinajstić information content (AvgIpc) is 2.67. The van der Waals surface area contributed by atoms with Gasteiger partial charge < -0.3 is 9.64 Å². The van der Waals surface area contributed by atoms with Gasteiger partial charge in [0.05, 0.1) is 7.11 Å². The quantitative estimate of drug-likeness (QED) is 0.817. The summed E-state index contributed by atoms with van der Waals surface area (Å²) in [7, 11) is -2.03. The van der Waals surface area contributed by atoms with Gasteiger partial charge in [-0.1, -0.05) is 12.1 Å². The van der Waals surface area contributed by atoms with Crippen LogP contribution in [0.4, 0.5) is 0 Å². The standard InChI is InChI=1S/C18H28N2O3S2/c1-23-17-4-2-3-5-18(17)25(21,22)19-14-15-6-10-20(11-7-15)16-8-12-24-13-9-16/h2-5,15-16,19H,6-14H2,1H3. The number of hydrogen-bond acceptors (Lipinski definition) is 5. The second kappa shape index (κ2) is 8.75. The maximum atomic E-state index is 12.6. The van der Waals surface area contributed by atoms with Crippen molar-refractivity contribution >= 4 is 21.8 Å². The fourth-order valence-electron chi connectivity index (χ4n) is 3.72. The molecule has 5 nitrogen and oxygen atoms in total. The SMILES string of the molecule is COc1ccccc1S(=O)(=O)NCC1CCN(C2CCSCC2)CC1. The fraction of sp³-hybridized carbons (Fsp3) is 0.667. The van der Waals surface area contributed by atoms with Crippen molar-refractivity contribution in [3.05, 3.63) is 24.3 Å². The summed E-state index contributed by atoms with van der Waals surface area (Å²) in [6.07, 6.45) is 4.74. The molecule has 2 heterocycles. The zero-order chi connectivity index (χ0) is 17.7. The van der Waals surface area contributed by atoms with Crippen LogP contribution in [-0.2, 0) is 10.0 Å². The van der Waals surface area contributed by atoms with Crippen molar-refractivity contribution < 1.29 is 13.2 Å². The lowest BCUT2D eigenvalue weighted by Crippen LogP contribution is -2.44. The van der Waals surface area contributed by atoms with Crippen LogP contribution in [-0.4, -0.2) is 57.6 Å². The summed E-state index contributed by atoms with van der Waals surface area (Å²) in [5.74, 6) is 3.37. The molecule has 0 unspecified atom stereocenters. The molecule has 0 aromatic heterocycles. The molecule has 0 atom stereocenters. The predicted molar refractivity (Wildman–Crippen MR) is 103 cm³/mol. The molecule has 0 radical (unpaired) electrons. The van der Waals surface area contributed by atoms with Crippen molar-refractivity contribution in [3.8, 4) is 5.75 Å². The summed E-state index contributed by atoms with van der Waals surface area (Å²) in [5, 5.41) is 0. The van der Waals surface area contributed by atoms with Crippen LogP contribution in [0.3, 0.4) is 0 Å². The van der Waals surface area contributed by atoms with Gasteiger partial charge >= 0.3 is 0 Å². The van der Waals surface area contributed by atoms with Crippen molar-refractivity contribution in [2.24, 2.45) is 5.92 Å². The molecular weight excluding hydrogens is 356 g/mol. The van der Waals surface area contributed by atoms with Gasteiger partial charge in [0.15, 0.2) is 0 Å². The van der Waals surface area contributed by atoms with Gasteiger partial charge in [0.25, 0.3) is 0 Å². The lowest BCUT2D eigenvalue weighted by atomic mass is 9.95. The lowest BCUT2D eigenvalue weighted by Gasteiger charge is -2.39. The zero-order valence-corrected chi connectivity index (χ0v) is 16.4. The van der Waals surface area contributed by atoms with Crippen LogP contribution in [0.1, 0.15) is 25.7 Å². The number of benzene rings is 1. The summed E-state index contributed by atoms with van der Waals surface area (Å²) < 4.78 is 33.1. The molecule has 0 aliphatic carbocycles. The molecule has 140 valence electrons. The molecule has 25 heavy (non-hydrogen) atoms. The first-order chi connectivity index (χ1) is 12.1. The van der Waals surface area contributed by atoms with Gasteiger partial charge in [-0.2, -0.15) is 11.8 Å². The Balaban J connectivity index is 1.50. The van der Waals surface area contributed by atoms with E-state index in [1.54, 1.807) is 24.3 Å². The van der Waals surface area contributed by atoms with Crippen LogP contribution in [0, 0.1) is 5.92 Å². The number of sulfonamides is 1. The van der Waals surface area contributed by atoms with Crippen molar-refractivity contribution in [2.45, 2.75) is 36.6 Å². The van der Waals surface area contributed by atoms with Crippen LogP contribution in [0.25, 0.3) is 0 Å². The molecule has 2 aliphatic rings. The fourth-order valence-corrected chi connectivity index (χ4v) is 6.08. The second-order valence-electron chi connectivity index (χ2n) is 6.83. The maximum Gasteiger partial charge on any atom is 0.244 e. The van der Waals surface area contributed by atoms with Gasteiger partial charge in [-0.25, -0.2) is 13.1 Å². The zero-order valence-electron chi connectivity index (χ0n) is 14.8. The highest BCUT2D eigenvalue weighted by molar-refractivity contribution is 7.99. The minimum Gasteiger partial charge on any atom is -0.495 e. The van der Waals surface area contributed by atoms with Crippen molar-refractivity contribution in [2.75, 3.05) is 38.2 Å². The molecule has 1 aromatic rings. The predicted octanol–water partition coefficient (Wildman–Crippen LogP) is 2.58. The number of likely N-dealkylation sites (tertiary alicyclic amines) is 1. The van der Waals surface area contributed by atoms with E-state index in [4.69, 9.17) is 4.74 Å². The van der Waals surface area contributed by atoms with E-state index in [-0.39, 0.29) is 4.90 Å². The Morgan fingerprint density at radius 2 is 1.84 bits per heavy atom. The number of piperidine rings is 1. The Bertz CT molecular complexity index is 652. The highest BCUT2D eigenvalue weighted by Crippen LogP contribution is 2.27. The van der Waals surface area contributed by atoms with Crippen LogP contribution in [0.2, 0.25) is 0 Å². The first-order valence-electron chi connectivity index (χ1n) is 9.04. The van der Waals surface area contributed by atoms with Gasteiger partial charge in [-0.05, 0) is 68.3 Å². The monoisotopic (exact) mass is 384 g/mol. The number of rotatable bonds is 6. The minimum absolute atomic E-state index is 0.217. The third-order valence-corrected chi connectivity index (χ3v) is 7.79. The molecule has 0 saturated carbocycles. The summed E-state index contributed by atoms with van der Waals surface area (Å²) in [4.78, 5) is 2.83. The molecule has 3 rings (SSSR count). The van der Waals surface area contributed by atoms with E-state index < -0.39 is 10.0 Å². The molecule has 1 N–H and O–H groups in total. The highest BCUT2D eigenvalue weighted by atomic mass is 32.2. The van der Waals surface area contributed by atoms with E-state index in [0.717, 1.165) is 32.0 Å². The van der Waals surface area contributed by atoms with E-state index in [9.17, 15) is 8.42 Å². The van der Waals surface area contributed by atoms with Crippen LogP contribution in [0.5, 0.6) is 5.75 Å². The average molecular weight is 385 g/mol. The molecule has 2 aliphatic heterocycles. The molecule has 7 heteroatoms. The number of methoxy groups -OCH3 is 1. The van der Waals surface area contributed by atoms with Crippen LogP contribution >= 0.6 is 11.8 Å². The Hall–Kier alpha value is -0.760. The molecule has 0 spiro atoms. The first-order valence-corrected chi connectivity index (χ1v) is 11.7. The minimum atomic E-state index is -3.53. The topological polar surface area (TPSA) is 58.6 Å². The number of nitrogens with zero attached hydrogens (tertiary/aromatic N) is 1. The third kappa shape index (κ3) is 4.90. The Kier molecular flexibility index (Phi) is 6.66. The number of nitrogens with one attached hydrogen (secondary N) is 1. The molecule has 2 fully saturated rings. The smallest absolute Gasteiger partial charge is 0.244 e. The van der Waals surface area contributed by atoms with E-state index in [0.29, 0.717) is 18.2 Å². The summed E-state index contributed by atoms with van der Waals surface area (Å²) in [6.45, 7) is 2.70. The first kappa shape index (κ1) is 19.0. The van der Waals surface area contributed by atoms with Gasteiger partial charge in [0.2, 0.25) is 10.0 Å². The van der Waals surface area contributed by atoms with Crippen molar-refractivity contribution in [1.29, 1.82) is 0 Å². The third-order valence-electron chi connectivity index (χ3n) is 5.28. The number of ether oxygens (including phenoxy) is 1. The van der Waals surface area contributed by atoms with Crippen LogP contribution in [0.15, 0.2) is 29.2 Å². The summed E-state index contributed by atoms with van der Waals surface area (Å²) >= 11 is 2.06. The van der Waals surface area contributed by atoms with E-state index in [1.807, 2.05) is 0 Å². The van der Waals surface area contributed by atoms with Gasteiger partial charge in [0, 0.05) is 12.6 Å². The van der Waals surface area contributed by atoms with E-state index in [2.05, 4.69) is 21.4 Å². The Labute approximate surface area is 155 Å². The molecule has 0 bridgehead atoms. The molecule has 2 saturated heterocycles. The van der Waals surface area contributed by atoms with Gasteiger partial charge in [0.1, 0.15) is 10.6 Å². The highest BCUT2D eigenvalue weighted by Gasteiger charge is 2.27. The Morgan fingerprint density at radius 3 is 2.52 bits per heavy atom. The van der Waals surface area contributed by atoms with E-state index in [1.165, 1.54) is 31.5 Å². The van der Waals surface area contributed by atoms with Crippen molar-refractivity contribution in [1.82, 2.24) is 9.62 Å². The lowest BCUT2D eigenvalue weighted by molar-refractivity contribution is 0.127. The van der Waals surface area contributed by atoms with Gasteiger partial charge in [-0.15, -0.1) is 0 Å².